The maximum Gasteiger partial charge on any atom is 0.0766 e. The van der Waals surface area contributed by atoms with Gasteiger partial charge in [0.15, 0.2) is 0 Å². The number of nitrogens with zero attached hydrogens (tertiary/aromatic N) is 2. The highest BCUT2D eigenvalue weighted by Gasteiger charge is 2.26. The van der Waals surface area contributed by atoms with E-state index in [1.807, 2.05) is 11.7 Å². The topological polar surface area (TPSA) is 43.8 Å². The Labute approximate surface area is 131 Å². The lowest BCUT2D eigenvalue weighted by molar-refractivity contribution is 0.236. The second-order valence-electron chi connectivity index (χ2n) is 6.24. The maximum absolute atomic E-state index is 6.49. The molecular weight excluding hydrogens is 314 g/mol. The molecule has 0 radical (unpaired) electrons. The first-order chi connectivity index (χ1) is 9.56. The minimum atomic E-state index is 0.268. The molecule has 0 aliphatic heterocycles. The standard InChI is InChI=1S/C16H28BrN3/c1-4-11-6-8-12(9-7-11)13(18)10-15-16(17)14(5-2)19-20(15)3/h11-13H,4-10,18H2,1-3H3. The average molecular weight is 342 g/mol. The Balaban J connectivity index is 1.98. The molecule has 0 saturated heterocycles. The molecule has 1 aromatic heterocycles. The molecular formula is C16H28BrN3. The van der Waals surface area contributed by atoms with Crippen molar-refractivity contribution < 1.29 is 0 Å². The highest BCUT2D eigenvalue weighted by atomic mass is 79.9. The van der Waals surface area contributed by atoms with Gasteiger partial charge in [-0.25, -0.2) is 0 Å². The molecule has 0 bridgehead atoms. The number of hydrogen-bond acceptors (Lipinski definition) is 2. The van der Waals surface area contributed by atoms with Gasteiger partial charge in [0, 0.05) is 19.5 Å². The van der Waals surface area contributed by atoms with Crippen molar-refractivity contribution in [2.45, 2.75) is 64.8 Å². The highest BCUT2D eigenvalue weighted by molar-refractivity contribution is 9.10. The fourth-order valence-electron chi connectivity index (χ4n) is 3.46. The normalized spacial score (nSPS) is 24.9. The van der Waals surface area contributed by atoms with Crippen LogP contribution in [0.3, 0.4) is 0 Å². The van der Waals surface area contributed by atoms with Crippen LogP contribution in [0.25, 0.3) is 0 Å². The molecule has 1 aliphatic rings. The zero-order valence-electron chi connectivity index (χ0n) is 13.0. The second-order valence-corrected chi connectivity index (χ2v) is 7.03. The van der Waals surface area contributed by atoms with Crippen molar-refractivity contribution in [3.8, 4) is 0 Å². The molecule has 4 heteroatoms. The summed E-state index contributed by atoms with van der Waals surface area (Å²) in [7, 11) is 2.03. The van der Waals surface area contributed by atoms with Gasteiger partial charge in [-0.2, -0.15) is 5.10 Å². The Morgan fingerprint density at radius 1 is 1.30 bits per heavy atom. The van der Waals surface area contributed by atoms with E-state index in [0.717, 1.165) is 24.5 Å². The predicted octanol–water partition coefficient (Wildman–Crippen LogP) is 3.83. The van der Waals surface area contributed by atoms with E-state index in [1.165, 1.54) is 42.3 Å². The summed E-state index contributed by atoms with van der Waals surface area (Å²) in [6.07, 6.45) is 8.56. The van der Waals surface area contributed by atoms with E-state index in [0.29, 0.717) is 5.92 Å². The Hall–Kier alpha value is -0.350. The van der Waals surface area contributed by atoms with Crippen LogP contribution >= 0.6 is 15.9 Å². The Kier molecular flexibility index (Phi) is 5.67. The van der Waals surface area contributed by atoms with E-state index < -0.39 is 0 Å². The van der Waals surface area contributed by atoms with Crippen LogP contribution in [0.4, 0.5) is 0 Å². The van der Waals surface area contributed by atoms with Gasteiger partial charge in [0.2, 0.25) is 0 Å². The summed E-state index contributed by atoms with van der Waals surface area (Å²) in [5.41, 5.74) is 8.89. The van der Waals surface area contributed by atoms with Crippen molar-refractivity contribution in [3.63, 3.8) is 0 Å². The molecule has 1 fully saturated rings. The molecule has 1 heterocycles. The fourth-order valence-corrected chi connectivity index (χ4v) is 4.23. The molecule has 1 saturated carbocycles. The molecule has 0 spiro atoms. The van der Waals surface area contributed by atoms with Gasteiger partial charge >= 0.3 is 0 Å². The SMILES string of the molecule is CCc1nn(C)c(CC(N)C2CCC(CC)CC2)c1Br. The third kappa shape index (κ3) is 3.45. The van der Waals surface area contributed by atoms with Crippen molar-refractivity contribution in [1.29, 1.82) is 0 Å². The lowest BCUT2D eigenvalue weighted by Crippen LogP contribution is -2.35. The zero-order valence-corrected chi connectivity index (χ0v) is 14.6. The molecule has 1 aliphatic carbocycles. The third-order valence-electron chi connectivity index (χ3n) is 5.01. The molecule has 2 N–H and O–H groups in total. The zero-order chi connectivity index (χ0) is 14.7. The number of aromatic nitrogens is 2. The van der Waals surface area contributed by atoms with Gasteiger partial charge in [-0.05, 0) is 47.0 Å². The van der Waals surface area contributed by atoms with Crippen LogP contribution in [0.15, 0.2) is 4.47 Å². The number of hydrogen-bond donors (Lipinski definition) is 1. The van der Waals surface area contributed by atoms with E-state index in [4.69, 9.17) is 5.73 Å². The van der Waals surface area contributed by atoms with E-state index in [-0.39, 0.29) is 6.04 Å². The summed E-state index contributed by atoms with van der Waals surface area (Å²) in [6.45, 7) is 4.45. The first kappa shape index (κ1) is 16.0. The molecule has 1 atom stereocenters. The van der Waals surface area contributed by atoms with Crippen LogP contribution in [0, 0.1) is 11.8 Å². The molecule has 3 nitrogen and oxygen atoms in total. The van der Waals surface area contributed by atoms with Crippen LogP contribution in [0.2, 0.25) is 0 Å². The number of halogens is 1. The average Bonchev–Trinajstić information content (AvgIpc) is 2.74. The second kappa shape index (κ2) is 7.08. The number of aryl methyl sites for hydroxylation is 2. The first-order valence-corrected chi connectivity index (χ1v) is 8.81. The lowest BCUT2D eigenvalue weighted by atomic mass is 9.77. The van der Waals surface area contributed by atoms with E-state index in [1.54, 1.807) is 0 Å². The van der Waals surface area contributed by atoms with E-state index in [9.17, 15) is 0 Å². The lowest BCUT2D eigenvalue weighted by Gasteiger charge is -2.31. The van der Waals surface area contributed by atoms with Gasteiger partial charge in [-0.1, -0.05) is 33.1 Å². The van der Waals surface area contributed by atoms with Crippen molar-refractivity contribution in [3.05, 3.63) is 15.9 Å². The largest absolute Gasteiger partial charge is 0.327 e. The minimum Gasteiger partial charge on any atom is -0.327 e. The van der Waals surface area contributed by atoms with E-state index in [2.05, 4.69) is 34.9 Å². The van der Waals surface area contributed by atoms with Crippen LogP contribution in [0.5, 0.6) is 0 Å². The summed E-state index contributed by atoms with van der Waals surface area (Å²) >= 11 is 3.70. The molecule has 2 rings (SSSR count). The van der Waals surface area contributed by atoms with Crippen molar-refractivity contribution in [2.75, 3.05) is 0 Å². The van der Waals surface area contributed by atoms with Crippen LogP contribution in [-0.2, 0) is 19.9 Å². The molecule has 114 valence electrons. The van der Waals surface area contributed by atoms with Gasteiger partial charge in [0.1, 0.15) is 0 Å². The summed E-state index contributed by atoms with van der Waals surface area (Å²) in [4.78, 5) is 0. The Morgan fingerprint density at radius 3 is 2.45 bits per heavy atom. The van der Waals surface area contributed by atoms with Gasteiger partial charge < -0.3 is 5.73 Å². The predicted molar refractivity (Wildman–Crippen MR) is 87.7 cm³/mol. The van der Waals surface area contributed by atoms with Crippen molar-refractivity contribution >= 4 is 15.9 Å². The first-order valence-electron chi connectivity index (χ1n) is 8.02. The van der Waals surface area contributed by atoms with E-state index >= 15 is 0 Å². The van der Waals surface area contributed by atoms with Gasteiger partial charge in [0.05, 0.1) is 15.9 Å². The third-order valence-corrected chi connectivity index (χ3v) is 5.92. The Bertz CT molecular complexity index is 433. The summed E-state index contributed by atoms with van der Waals surface area (Å²) < 4.78 is 3.17. The molecule has 0 amide bonds. The summed E-state index contributed by atoms with van der Waals surface area (Å²) in [5, 5.41) is 4.57. The highest BCUT2D eigenvalue weighted by Crippen LogP contribution is 2.33. The van der Waals surface area contributed by atoms with Crippen LogP contribution < -0.4 is 5.73 Å². The van der Waals surface area contributed by atoms with Gasteiger partial charge in [-0.3, -0.25) is 4.68 Å². The molecule has 1 aromatic rings. The quantitative estimate of drug-likeness (QED) is 0.884. The number of nitrogens with two attached hydrogens (primary N) is 1. The monoisotopic (exact) mass is 341 g/mol. The van der Waals surface area contributed by atoms with Crippen LogP contribution in [-0.4, -0.2) is 15.8 Å². The van der Waals surface area contributed by atoms with Gasteiger partial charge in [-0.15, -0.1) is 0 Å². The molecule has 20 heavy (non-hydrogen) atoms. The van der Waals surface area contributed by atoms with Crippen LogP contribution in [0.1, 0.15) is 57.3 Å². The summed E-state index contributed by atoms with van der Waals surface area (Å²) in [6, 6.07) is 0.268. The minimum absolute atomic E-state index is 0.268. The Morgan fingerprint density at radius 2 is 1.95 bits per heavy atom. The maximum atomic E-state index is 6.49. The summed E-state index contributed by atoms with van der Waals surface area (Å²) in [5.74, 6) is 1.62. The smallest absolute Gasteiger partial charge is 0.0766 e. The van der Waals surface area contributed by atoms with Crippen molar-refractivity contribution in [2.24, 2.45) is 24.6 Å². The van der Waals surface area contributed by atoms with Gasteiger partial charge in [0.25, 0.3) is 0 Å². The molecule has 0 aromatic carbocycles. The fraction of sp³-hybridized carbons (Fsp3) is 0.812. The molecule has 1 unspecified atom stereocenters. The number of rotatable bonds is 5. The van der Waals surface area contributed by atoms with Crippen molar-refractivity contribution in [1.82, 2.24) is 9.78 Å².